The van der Waals surface area contributed by atoms with Gasteiger partial charge in [-0.2, -0.15) is 0 Å². The average molecular weight is 325 g/mol. The van der Waals surface area contributed by atoms with Crippen LogP contribution in [0.2, 0.25) is 0 Å². The van der Waals surface area contributed by atoms with Gasteiger partial charge in [0.2, 0.25) is 0 Å². The van der Waals surface area contributed by atoms with Gasteiger partial charge in [-0.3, -0.25) is 4.90 Å². The van der Waals surface area contributed by atoms with E-state index in [-0.39, 0.29) is 5.97 Å². The van der Waals surface area contributed by atoms with E-state index in [9.17, 15) is 9.59 Å². The average Bonchev–Trinajstić information content (AvgIpc) is 2.89. The van der Waals surface area contributed by atoms with Crippen molar-refractivity contribution in [1.82, 2.24) is 4.90 Å². The summed E-state index contributed by atoms with van der Waals surface area (Å²) in [4.78, 5) is 26.5. The molecule has 1 unspecified atom stereocenters. The lowest BCUT2D eigenvalue weighted by Gasteiger charge is -2.36. The zero-order chi connectivity index (χ0) is 17.5. The van der Waals surface area contributed by atoms with Crippen molar-refractivity contribution in [2.75, 3.05) is 13.7 Å². The van der Waals surface area contributed by atoms with Crippen molar-refractivity contribution < 1.29 is 19.1 Å². The molecule has 1 rings (SSSR count). The van der Waals surface area contributed by atoms with Crippen LogP contribution in [0.3, 0.4) is 0 Å². The van der Waals surface area contributed by atoms with Gasteiger partial charge in [-0.15, -0.1) is 6.58 Å². The topological polar surface area (TPSA) is 55.8 Å². The standard InChI is InChI=1S/C18H31NO4/c1-6-7-8-9-10-12-18(15(20)22-5)13-11-14-19(18)16(21)23-17(2,3)4/h6H,1,7-14H2,2-5H3. The van der Waals surface area contributed by atoms with Crippen molar-refractivity contribution >= 4 is 12.1 Å². The molecule has 0 spiro atoms. The summed E-state index contributed by atoms with van der Waals surface area (Å²) in [6.07, 6.45) is 7.44. The fourth-order valence-corrected chi connectivity index (χ4v) is 3.11. The molecule has 0 radical (unpaired) electrons. The van der Waals surface area contributed by atoms with Gasteiger partial charge in [0.1, 0.15) is 11.1 Å². The molecule has 1 aliphatic heterocycles. The van der Waals surface area contributed by atoms with Crippen LogP contribution in [-0.4, -0.2) is 41.8 Å². The molecular formula is C18H31NO4. The molecule has 0 aliphatic carbocycles. The molecule has 5 nitrogen and oxygen atoms in total. The van der Waals surface area contributed by atoms with Crippen LogP contribution in [0.15, 0.2) is 12.7 Å². The summed E-state index contributed by atoms with van der Waals surface area (Å²) in [6, 6.07) is 0. The molecule has 0 N–H and O–H groups in total. The highest BCUT2D eigenvalue weighted by atomic mass is 16.6. The molecule has 0 bridgehead atoms. The highest BCUT2D eigenvalue weighted by Crippen LogP contribution is 2.36. The van der Waals surface area contributed by atoms with E-state index in [2.05, 4.69) is 6.58 Å². The monoisotopic (exact) mass is 325 g/mol. The van der Waals surface area contributed by atoms with E-state index in [0.29, 0.717) is 19.4 Å². The Bertz CT molecular complexity index is 427. The number of hydrogen-bond donors (Lipinski definition) is 0. The van der Waals surface area contributed by atoms with E-state index in [1.807, 2.05) is 26.8 Å². The molecule has 1 amide bonds. The van der Waals surface area contributed by atoms with E-state index >= 15 is 0 Å². The lowest BCUT2D eigenvalue weighted by atomic mass is 9.89. The molecule has 0 saturated carbocycles. The summed E-state index contributed by atoms with van der Waals surface area (Å²) < 4.78 is 10.5. The Morgan fingerprint density at radius 3 is 2.52 bits per heavy atom. The highest BCUT2D eigenvalue weighted by Gasteiger charge is 2.51. The minimum Gasteiger partial charge on any atom is -0.467 e. The summed E-state index contributed by atoms with van der Waals surface area (Å²) in [5.41, 5.74) is -1.45. The number of allylic oxidation sites excluding steroid dienone is 1. The van der Waals surface area contributed by atoms with Gasteiger partial charge >= 0.3 is 12.1 Å². The lowest BCUT2D eigenvalue weighted by molar-refractivity contribution is -0.153. The van der Waals surface area contributed by atoms with Crippen LogP contribution >= 0.6 is 0 Å². The number of methoxy groups -OCH3 is 1. The zero-order valence-corrected chi connectivity index (χ0v) is 15.0. The normalized spacial score (nSPS) is 21.1. The molecule has 0 aromatic rings. The second kappa shape index (κ2) is 8.37. The van der Waals surface area contributed by atoms with Crippen LogP contribution in [0, 0.1) is 0 Å². The van der Waals surface area contributed by atoms with Crippen molar-refractivity contribution in [3.63, 3.8) is 0 Å². The molecular weight excluding hydrogens is 294 g/mol. The number of carbonyl (C=O) groups is 2. The van der Waals surface area contributed by atoms with Gasteiger partial charge in [-0.1, -0.05) is 18.9 Å². The van der Waals surface area contributed by atoms with Gasteiger partial charge in [0.05, 0.1) is 7.11 Å². The van der Waals surface area contributed by atoms with Crippen molar-refractivity contribution in [3.8, 4) is 0 Å². The van der Waals surface area contributed by atoms with Crippen molar-refractivity contribution in [1.29, 1.82) is 0 Å². The predicted molar refractivity (Wildman–Crippen MR) is 90.2 cm³/mol. The molecule has 1 heterocycles. The SMILES string of the molecule is C=CCCCCCC1(C(=O)OC)CCCN1C(=O)OC(C)(C)C. The van der Waals surface area contributed by atoms with E-state index in [1.54, 1.807) is 4.90 Å². The number of nitrogens with zero attached hydrogens (tertiary/aromatic N) is 1. The summed E-state index contributed by atoms with van der Waals surface area (Å²) in [7, 11) is 1.38. The third-order valence-corrected chi connectivity index (χ3v) is 4.17. The smallest absolute Gasteiger partial charge is 0.411 e. The Morgan fingerprint density at radius 1 is 1.26 bits per heavy atom. The molecule has 132 valence electrons. The number of amides is 1. The fraction of sp³-hybridized carbons (Fsp3) is 0.778. The third-order valence-electron chi connectivity index (χ3n) is 4.17. The molecule has 1 aliphatic rings. The Labute approximate surface area is 140 Å². The number of ether oxygens (including phenoxy) is 2. The van der Waals surface area contributed by atoms with Gasteiger partial charge in [-0.25, -0.2) is 9.59 Å². The third kappa shape index (κ3) is 5.26. The van der Waals surface area contributed by atoms with Crippen LogP contribution < -0.4 is 0 Å². The van der Waals surface area contributed by atoms with Crippen molar-refractivity contribution in [2.24, 2.45) is 0 Å². The molecule has 5 heteroatoms. The highest BCUT2D eigenvalue weighted by molar-refractivity contribution is 5.86. The summed E-state index contributed by atoms with van der Waals surface area (Å²) >= 11 is 0. The number of rotatable bonds is 7. The largest absolute Gasteiger partial charge is 0.467 e. The van der Waals surface area contributed by atoms with Gasteiger partial charge < -0.3 is 9.47 Å². The second-order valence-electron chi connectivity index (χ2n) is 7.15. The van der Waals surface area contributed by atoms with Crippen LogP contribution in [0.25, 0.3) is 0 Å². The Hall–Kier alpha value is -1.52. The molecule has 1 saturated heterocycles. The Morgan fingerprint density at radius 2 is 1.96 bits per heavy atom. The minimum absolute atomic E-state index is 0.329. The molecule has 0 aromatic heterocycles. The van der Waals surface area contributed by atoms with E-state index < -0.39 is 17.2 Å². The molecule has 1 atom stereocenters. The summed E-state index contributed by atoms with van der Waals surface area (Å²) in [5, 5.41) is 0. The first-order valence-electron chi connectivity index (χ1n) is 8.47. The van der Waals surface area contributed by atoms with Crippen LogP contribution in [0.4, 0.5) is 4.79 Å². The van der Waals surface area contributed by atoms with E-state index in [0.717, 1.165) is 32.1 Å². The summed E-state index contributed by atoms with van der Waals surface area (Å²) in [5.74, 6) is -0.329. The zero-order valence-electron chi connectivity index (χ0n) is 15.0. The molecule has 0 aromatic carbocycles. The maximum atomic E-state index is 12.5. The minimum atomic E-state index is -0.870. The first-order chi connectivity index (χ1) is 10.8. The molecule has 1 fully saturated rings. The predicted octanol–water partition coefficient (Wildman–Crippen LogP) is 4.07. The van der Waals surface area contributed by atoms with Gasteiger partial charge in [0.15, 0.2) is 0 Å². The second-order valence-corrected chi connectivity index (χ2v) is 7.15. The number of likely N-dealkylation sites (tertiary alicyclic amines) is 1. The van der Waals surface area contributed by atoms with E-state index in [4.69, 9.17) is 9.47 Å². The van der Waals surface area contributed by atoms with Crippen LogP contribution in [0.5, 0.6) is 0 Å². The van der Waals surface area contributed by atoms with E-state index in [1.165, 1.54) is 7.11 Å². The molecule has 23 heavy (non-hydrogen) atoms. The summed E-state index contributed by atoms with van der Waals surface area (Å²) in [6.45, 7) is 9.74. The Balaban J connectivity index is 2.83. The Kier molecular flexibility index (Phi) is 7.10. The van der Waals surface area contributed by atoms with Crippen molar-refractivity contribution in [3.05, 3.63) is 12.7 Å². The number of esters is 1. The fourth-order valence-electron chi connectivity index (χ4n) is 3.11. The number of unbranched alkanes of at least 4 members (excludes halogenated alkanes) is 3. The maximum Gasteiger partial charge on any atom is 0.411 e. The van der Waals surface area contributed by atoms with Gasteiger partial charge in [-0.05, 0) is 52.9 Å². The first-order valence-corrected chi connectivity index (χ1v) is 8.47. The lowest BCUT2D eigenvalue weighted by Crippen LogP contribution is -2.54. The number of hydrogen-bond acceptors (Lipinski definition) is 4. The van der Waals surface area contributed by atoms with Gasteiger partial charge in [0.25, 0.3) is 0 Å². The van der Waals surface area contributed by atoms with Gasteiger partial charge in [0, 0.05) is 6.54 Å². The first kappa shape index (κ1) is 19.5. The van der Waals surface area contributed by atoms with Crippen LogP contribution in [0.1, 0.15) is 65.7 Å². The quantitative estimate of drug-likeness (QED) is 0.402. The van der Waals surface area contributed by atoms with Crippen LogP contribution in [-0.2, 0) is 14.3 Å². The number of carbonyl (C=O) groups excluding carboxylic acids is 2. The maximum absolute atomic E-state index is 12.5. The van der Waals surface area contributed by atoms with Crippen molar-refractivity contribution in [2.45, 2.75) is 76.9 Å².